The fourth-order valence-corrected chi connectivity index (χ4v) is 5.77. The summed E-state index contributed by atoms with van der Waals surface area (Å²) in [6.45, 7) is 7.67. The van der Waals surface area contributed by atoms with Crippen LogP contribution in [0.25, 0.3) is 0 Å². The number of fused-ring (bicyclic) bond motifs is 1. The maximum absolute atomic E-state index is 13.3. The molecule has 0 radical (unpaired) electrons. The van der Waals surface area contributed by atoms with E-state index in [4.69, 9.17) is 4.74 Å². The molecule has 2 bridgehead atoms. The Balaban J connectivity index is 2.03. The lowest BCUT2D eigenvalue weighted by Gasteiger charge is -2.36. The van der Waals surface area contributed by atoms with E-state index in [9.17, 15) is 19.5 Å². The second-order valence-electron chi connectivity index (χ2n) is 8.77. The first-order chi connectivity index (χ1) is 13.2. The number of aliphatic hydroxyl groups is 1. The fourth-order valence-electron chi connectivity index (χ4n) is 5.77. The average molecular weight is 396 g/mol. The summed E-state index contributed by atoms with van der Waals surface area (Å²) in [6.07, 6.45) is 2.30. The molecule has 0 aliphatic carbocycles. The Labute approximate surface area is 166 Å². The number of hydrogen-bond donors (Lipinski definition) is 3. The highest BCUT2D eigenvalue weighted by Crippen LogP contribution is 2.65. The van der Waals surface area contributed by atoms with Crippen LogP contribution in [0.3, 0.4) is 0 Å². The van der Waals surface area contributed by atoms with E-state index in [-0.39, 0.29) is 42.8 Å². The molecule has 3 heterocycles. The van der Waals surface area contributed by atoms with Gasteiger partial charge in [-0.1, -0.05) is 20.3 Å². The van der Waals surface area contributed by atoms with Crippen LogP contribution in [0.4, 0.5) is 0 Å². The van der Waals surface area contributed by atoms with Crippen LogP contribution in [0, 0.1) is 17.8 Å². The van der Waals surface area contributed by atoms with Gasteiger partial charge in [0.15, 0.2) is 0 Å². The maximum Gasteiger partial charge on any atom is 0.246 e. The Hall–Kier alpha value is -1.67. The molecule has 0 saturated carbocycles. The lowest BCUT2D eigenvalue weighted by atomic mass is 9.62. The number of carbonyl (C=O) groups is 3. The summed E-state index contributed by atoms with van der Waals surface area (Å²) in [5.74, 6) is -2.12. The molecule has 8 nitrogen and oxygen atoms in total. The molecule has 158 valence electrons. The zero-order valence-electron chi connectivity index (χ0n) is 17.4. The fraction of sp³-hybridized carbons (Fsp3) is 0.850. The summed E-state index contributed by atoms with van der Waals surface area (Å²) in [4.78, 5) is 40.8. The standard InChI is InChI=1S/C20H33N3O5/c1-6-7-12(3)22-17(26)15-20-10-11(2)19(4,28-20)13(16(25)21-5)14(20)18(27)23(15)8-9-24/h11-15,24H,6-10H2,1-5H3,(H,21,25)(H,22,26)/t11?,12?,13-,14-,15?,19+,20?/m0/s1. The minimum Gasteiger partial charge on any atom is -0.395 e. The van der Waals surface area contributed by atoms with Crippen LogP contribution in [0.15, 0.2) is 0 Å². The molecule has 3 rings (SSSR count). The van der Waals surface area contributed by atoms with E-state index in [1.165, 1.54) is 4.90 Å². The van der Waals surface area contributed by atoms with Crippen LogP contribution in [0.5, 0.6) is 0 Å². The third-order valence-electron chi connectivity index (χ3n) is 7.04. The van der Waals surface area contributed by atoms with E-state index in [1.807, 2.05) is 27.7 Å². The van der Waals surface area contributed by atoms with Gasteiger partial charge in [0.05, 0.1) is 24.0 Å². The van der Waals surface area contributed by atoms with Crippen molar-refractivity contribution in [2.75, 3.05) is 20.2 Å². The van der Waals surface area contributed by atoms with Crippen LogP contribution >= 0.6 is 0 Å². The van der Waals surface area contributed by atoms with Crippen LogP contribution in [0.1, 0.15) is 47.0 Å². The van der Waals surface area contributed by atoms with Crippen molar-refractivity contribution in [1.29, 1.82) is 0 Å². The quantitative estimate of drug-likeness (QED) is 0.564. The van der Waals surface area contributed by atoms with Crippen LogP contribution < -0.4 is 10.6 Å². The molecular formula is C20H33N3O5. The molecule has 28 heavy (non-hydrogen) atoms. The van der Waals surface area contributed by atoms with E-state index in [1.54, 1.807) is 7.05 Å². The largest absolute Gasteiger partial charge is 0.395 e. The lowest BCUT2D eigenvalue weighted by Crippen LogP contribution is -2.57. The monoisotopic (exact) mass is 395 g/mol. The Morgan fingerprint density at radius 3 is 2.64 bits per heavy atom. The van der Waals surface area contributed by atoms with Gasteiger partial charge in [-0.15, -0.1) is 0 Å². The van der Waals surface area contributed by atoms with Gasteiger partial charge in [-0.05, 0) is 32.6 Å². The first kappa shape index (κ1) is 21.0. The highest BCUT2D eigenvalue weighted by molar-refractivity contribution is 5.99. The van der Waals surface area contributed by atoms with Gasteiger partial charge in [0.1, 0.15) is 11.6 Å². The van der Waals surface area contributed by atoms with Crippen molar-refractivity contribution in [2.45, 2.75) is 70.2 Å². The molecule has 3 N–H and O–H groups in total. The smallest absolute Gasteiger partial charge is 0.246 e. The molecule has 7 atom stereocenters. The third kappa shape index (κ3) is 2.76. The van der Waals surface area contributed by atoms with E-state index in [0.29, 0.717) is 6.42 Å². The Bertz CT molecular complexity index is 670. The minimum absolute atomic E-state index is 0.0243. The van der Waals surface area contributed by atoms with Crippen molar-refractivity contribution in [1.82, 2.24) is 15.5 Å². The van der Waals surface area contributed by atoms with Gasteiger partial charge >= 0.3 is 0 Å². The summed E-state index contributed by atoms with van der Waals surface area (Å²) in [5, 5.41) is 15.2. The van der Waals surface area contributed by atoms with Gasteiger partial charge in [0.25, 0.3) is 0 Å². The number of carbonyl (C=O) groups excluding carboxylic acids is 3. The van der Waals surface area contributed by atoms with Gasteiger partial charge < -0.3 is 25.4 Å². The SMILES string of the molecule is CCCC(C)NC(=O)C1N(CCO)C(=O)[C@@H]2[C@@H](C(=O)NC)[C@]3(C)OC12CC3C. The van der Waals surface area contributed by atoms with Gasteiger partial charge in [-0.3, -0.25) is 14.4 Å². The second kappa shape index (κ2) is 7.30. The molecule has 8 heteroatoms. The summed E-state index contributed by atoms with van der Waals surface area (Å²) in [5.41, 5.74) is -1.83. The average Bonchev–Trinajstić information content (AvgIpc) is 3.13. The molecule has 3 fully saturated rings. The number of amides is 3. The number of hydrogen-bond acceptors (Lipinski definition) is 5. The van der Waals surface area contributed by atoms with Crippen LogP contribution in [-0.4, -0.2) is 71.2 Å². The Morgan fingerprint density at radius 2 is 2.07 bits per heavy atom. The number of likely N-dealkylation sites (tertiary alicyclic amines) is 1. The number of rotatable bonds is 7. The van der Waals surface area contributed by atoms with Gasteiger partial charge in [-0.25, -0.2) is 0 Å². The molecule has 3 amide bonds. The molecule has 3 aliphatic rings. The molecule has 0 aromatic rings. The Kier molecular flexibility index (Phi) is 5.49. The number of nitrogens with one attached hydrogen (secondary N) is 2. The molecule has 3 aliphatic heterocycles. The van der Waals surface area contributed by atoms with Crippen molar-refractivity contribution in [2.24, 2.45) is 17.8 Å². The number of β-amino-alcohol motifs (C(OH)–C–C–N with tert-alkyl or cyclic N) is 1. The second-order valence-corrected chi connectivity index (χ2v) is 8.77. The number of ether oxygens (including phenoxy) is 1. The molecule has 3 saturated heterocycles. The number of aliphatic hydroxyl groups excluding tert-OH is 1. The van der Waals surface area contributed by atoms with Crippen LogP contribution in [-0.2, 0) is 19.1 Å². The van der Waals surface area contributed by atoms with Crippen molar-refractivity contribution in [3.05, 3.63) is 0 Å². The first-order valence-electron chi connectivity index (χ1n) is 10.3. The van der Waals surface area contributed by atoms with Crippen LogP contribution in [0.2, 0.25) is 0 Å². The Morgan fingerprint density at radius 1 is 1.39 bits per heavy atom. The topological polar surface area (TPSA) is 108 Å². The third-order valence-corrected chi connectivity index (χ3v) is 7.04. The summed E-state index contributed by atoms with van der Waals surface area (Å²) in [7, 11) is 1.55. The number of nitrogens with zero attached hydrogens (tertiary/aromatic N) is 1. The molecule has 0 aromatic heterocycles. The van der Waals surface area contributed by atoms with E-state index in [2.05, 4.69) is 10.6 Å². The van der Waals surface area contributed by atoms with Gasteiger partial charge in [0.2, 0.25) is 17.7 Å². The predicted molar refractivity (Wildman–Crippen MR) is 102 cm³/mol. The zero-order chi connectivity index (χ0) is 20.9. The minimum atomic E-state index is -1.03. The van der Waals surface area contributed by atoms with Gasteiger partial charge in [0, 0.05) is 19.6 Å². The molecular weight excluding hydrogens is 362 g/mol. The maximum atomic E-state index is 13.3. The van der Waals surface area contributed by atoms with Crippen molar-refractivity contribution in [3.8, 4) is 0 Å². The predicted octanol–water partition coefficient (Wildman–Crippen LogP) is 0.0402. The van der Waals surface area contributed by atoms with E-state index < -0.39 is 29.1 Å². The van der Waals surface area contributed by atoms with Crippen molar-refractivity contribution in [3.63, 3.8) is 0 Å². The van der Waals surface area contributed by atoms with Gasteiger partial charge in [-0.2, -0.15) is 0 Å². The van der Waals surface area contributed by atoms with E-state index in [0.717, 1.165) is 12.8 Å². The van der Waals surface area contributed by atoms with Crippen molar-refractivity contribution >= 4 is 17.7 Å². The summed E-state index contributed by atoms with van der Waals surface area (Å²) < 4.78 is 6.48. The zero-order valence-corrected chi connectivity index (χ0v) is 17.4. The lowest BCUT2D eigenvalue weighted by molar-refractivity contribution is -0.148. The summed E-state index contributed by atoms with van der Waals surface area (Å²) in [6, 6.07) is -0.865. The highest BCUT2D eigenvalue weighted by Gasteiger charge is 2.79. The first-order valence-corrected chi connectivity index (χ1v) is 10.3. The molecule has 4 unspecified atom stereocenters. The van der Waals surface area contributed by atoms with Crippen molar-refractivity contribution < 1.29 is 24.2 Å². The van der Waals surface area contributed by atoms with E-state index >= 15 is 0 Å². The summed E-state index contributed by atoms with van der Waals surface area (Å²) >= 11 is 0. The molecule has 1 spiro atoms. The molecule has 0 aromatic carbocycles. The highest BCUT2D eigenvalue weighted by atomic mass is 16.5. The normalized spacial score (nSPS) is 39.8.